The molecule has 3 heterocycles. The molecule has 1 aliphatic heterocycles. The van der Waals surface area contributed by atoms with Gasteiger partial charge in [-0.05, 0) is 90.3 Å². The third-order valence-corrected chi connectivity index (χ3v) is 7.96. The number of hydrogen-bond acceptors (Lipinski definition) is 4. The largest absolute Gasteiger partial charge is 0.389 e. The van der Waals surface area contributed by atoms with Crippen molar-refractivity contribution in [3.05, 3.63) is 136 Å². The molecule has 5 aromatic rings. The van der Waals surface area contributed by atoms with Crippen LogP contribution in [0.2, 0.25) is 0 Å². The summed E-state index contributed by atoms with van der Waals surface area (Å²) in [4.78, 5) is 20.9. The van der Waals surface area contributed by atoms with Crippen LogP contribution < -0.4 is 10.9 Å². The molecule has 3 atom stereocenters. The van der Waals surface area contributed by atoms with Crippen LogP contribution in [0.4, 0.5) is 4.39 Å². The first-order valence-electron chi connectivity index (χ1n) is 13.3. The van der Waals surface area contributed by atoms with Crippen molar-refractivity contribution in [1.82, 2.24) is 15.3 Å². The van der Waals surface area contributed by atoms with Gasteiger partial charge in [-0.15, -0.1) is 0 Å². The Kier molecular flexibility index (Phi) is 6.59. The molecule has 2 aromatic heterocycles. The van der Waals surface area contributed by atoms with Gasteiger partial charge in [0.25, 0.3) is 5.56 Å². The van der Waals surface area contributed by atoms with E-state index in [-0.39, 0.29) is 17.4 Å². The van der Waals surface area contributed by atoms with E-state index < -0.39 is 11.5 Å². The molecule has 1 fully saturated rings. The van der Waals surface area contributed by atoms with Crippen LogP contribution >= 0.6 is 0 Å². The zero-order valence-electron chi connectivity index (χ0n) is 21.7. The Labute approximate surface area is 226 Å². The second-order valence-electron chi connectivity index (χ2n) is 10.5. The van der Waals surface area contributed by atoms with E-state index in [1.165, 1.54) is 12.1 Å². The number of nitrogens with one attached hydrogen (secondary N) is 2. The molecule has 1 saturated heterocycles. The number of hydrogen-bond donors (Lipinski definition) is 3. The lowest BCUT2D eigenvalue weighted by atomic mass is 9.70. The Morgan fingerprint density at radius 2 is 1.85 bits per heavy atom. The predicted octanol–water partition coefficient (Wildman–Crippen LogP) is 6.03. The number of aryl methyl sites for hydroxylation is 1. The van der Waals surface area contributed by atoms with E-state index >= 15 is 0 Å². The summed E-state index contributed by atoms with van der Waals surface area (Å²) >= 11 is 0. The lowest BCUT2D eigenvalue weighted by Crippen LogP contribution is -2.49. The number of H-pyrrole nitrogens is 1. The highest BCUT2D eigenvalue weighted by Gasteiger charge is 2.44. The molecule has 0 bridgehead atoms. The molecule has 0 aliphatic carbocycles. The van der Waals surface area contributed by atoms with Gasteiger partial charge in [0.1, 0.15) is 5.82 Å². The second kappa shape index (κ2) is 10.2. The second-order valence-corrected chi connectivity index (χ2v) is 10.5. The summed E-state index contributed by atoms with van der Waals surface area (Å²) in [6.07, 6.45) is 4.41. The summed E-state index contributed by atoms with van der Waals surface area (Å²) in [7, 11) is 0. The number of aliphatic hydroxyl groups is 1. The Morgan fingerprint density at radius 3 is 2.62 bits per heavy atom. The normalized spacial score (nSPS) is 20.1. The minimum Gasteiger partial charge on any atom is -0.389 e. The molecule has 0 radical (unpaired) electrons. The van der Waals surface area contributed by atoms with Gasteiger partial charge in [-0.3, -0.25) is 9.78 Å². The third kappa shape index (κ3) is 4.89. The molecule has 5 nitrogen and oxygen atoms in total. The van der Waals surface area contributed by atoms with Crippen molar-refractivity contribution in [2.75, 3.05) is 6.54 Å². The molecule has 3 unspecified atom stereocenters. The van der Waals surface area contributed by atoms with Crippen molar-refractivity contribution >= 4 is 10.9 Å². The number of benzene rings is 3. The molecule has 0 amide bonds. The average Bonchev–Trinajstić information content (AvgIpc) is 2.94. The number of nitrogens with zero attached hydrogens (tertiary/aromatic N) is 1. The number of halogens is 1. The highest BCUT2D eigenvalue weighted by atomic mass is 19.1. The van der Waals surface area contributed by atoms with Crippen LogP contribution in [0.5, 0.6) is 0 Å². The SMILES string of the molecule is Cc1cc(F)ccc1C1CC(O)(C(c2ccccc2)c2cc3cc(-c4cccnc4)ccc3[nH]c2=O)CCN1. The lowest BCUT2D eigenvalue weighted by Gasteiger charge is -2.43. The average molecular weight is 520 g/mol. The van der Waals surface area contributed by atoms with Crippen LogP contribution in [0.1, 0.15) is 47.1 Å². The zero-order chi connectivity index (χ0) is 27.0. The van der Waals surface area contributed by atoms with Gasteiger partial charge in [0.05, 0.1) is 5.60 Å². The van der Waals surface area contributed by atoms with Crippen LogP contribution in [0.15, 0.2) is 102 Å². The summed E-state index contributed by atoms with van der Waals surface area (Å²) in [5.41, 5.74) is 4.49. The molecular formula is C33H30FN3O2. The van der Waals surface area contributed by atoms with Gasteiger partial charge in [0.15, 0.2) is 0 Å². The first-order valence-corrected chi connectivity index (χ1v) is 13.3. The lowest BCUT2D eigenvalue weighted by molar-refractivity contribution is -0.0194. The summed E-state index contributed by atoms with van der Waals surface area (Å²) in [5.74, 6) is -0.836. The summed E-state index contributed by atoms with van der Waals surface area (Å²) in [6, 6.07) is 26.1. The van der Waals surface area contributed by atoms with Crippen molar-refractivity contribution in [1.29, 1.82) is 0 Å². The summed E-state index contributed by atoms with van der Waals surface area (Å²) < 4.78 is 13.8. The fourth-order valence-corrected chi connectivity index (χ4v) is 6.08. The number of aromatic amines is 1. The van der Waals surface area contributed by atoms with Crippen molar-refractivity contribution in [3.8, 4) is 11.1 Å². The Hall–Kier alpha value is -4.13. The van der Waals surface area contributed by atoms with Gasteiger partial charge in [0.2, 0.25) is 0 Å². The van der Waals surface area contributed by atoms with Gasteiger partial charge in [0, 0.05) is 41.0 Å². The Morgan fingerprint density at radius 1 is 1.00 bits per heavy atom. The van der Waals surface area contributed by atoms with Gasteiger partial charge < -0.3 is 15.4 Å². The van der Waals surface area contributed by atoms with Crippen LogP contribution in [-0.2, 0) is 0 Å². The predicted molar refractivity (Wildman–Crippen MR) is 152 cm³/mol. The summed E-state index contributed by atoms with van der Waals surface area (Å²) in [5, 5.41) is 16.8. The first-order chi connectivity index (χ1) is 18.9. The van der Waals surface area contributed by atoms with Gasteiger partial charge >= 0.3 is 0 Å². The van der Waals surface area contributed by atoms with Crippen LogP contribution in [0.25, 0.3) is 22.0 Å². The number of rotatable bonds is 5. The fraction of sp³-hybridized carbons (Fsp3) is 0.212. The van der Waals surface area contributed by atoms with Crippen molar-refractivity contribution in [2.45, 2.75) is 37.3 Å². The van der Waals surface area contributed by atoms with Gasteiger partial charge in [-0.1, -0.05) is 48.5 Å². The van der Waals surface area contributed by atoms with E-state index in [2.05, 4.69) is 15.3 Å². The van der Waals surface area contributed by atoms with E-state index in [0.29, 0.717) is 24.9 Å². The highest BCUT2D eigenvalue weighted by Crippen LogP contribution is 2.44. The van der Waals surface area contributed by atoms with Gasteiger partial charge in [-0.25, -0.2) is 4.39 Å². The van der Waals surface area contributed by atoms with Crippen LogP contribution in [0, 0.1) is 12.7 Å². The number of piperidine rings is 1. The third-order valence-electron chi connectivity index (χ3n) is 7.96. The minimum absolute atomic E-state index is 0.174. The van der Waals surface area contributed by atoms with E-state index in [1.54, 1.807) is 12.3 Å². The molecule has 3 aromatic carbocycles. The molecule has 1 aliphatic rings. The minimum atomic E-state index is -1.21. The Bertz CT molecular complexity index is 1690. The van der Waals surface area contributed by atoms with Crippen molar-refractivity contribution < 1.29 is 9.50 Å². The van der Waals surface area contributed by atoms with E-state index in [0.717, 1.165) is 38.7 Å². The number of pyridine rings is 2. The molecule has 6 rings (SSSR count). The topological polar surface area (TPSA) is 78.0 Å². The highest BCUT2D eigenvalue weighted by molar-refractivity contribution is 5.85. The number of aromatic nitrogens is 2. The molecule has 39 heavy (non-hydrogen) atoms. The van der Waals surface area contributed by atoms with Crippen LogP contribution in [0.3, 0.4) is 0 Å². The van der Waals surface area contributed by atoms with E-state index in [1.807, 2.05) is 79.9 Å². The maximum atomic E-state index is 13.8. The quantitative estimate of drug-likeness (QED) is 0.265. The van der Waals surface area contributed by atoms with Crippen LogP contribution in [-0.4, -0.2) is 27.2 Å². The molecular weight excluding hydrogens is 489 g/mol. The maximum Gasteiger partial charge on any atom is 0.252 e. The summed E-state index contributed by atoms with van der Waals surface area (Å²) in [6.45, 7) is 2.45. The standard InChI is InChI=1S/C33H30FN3O2/c1-21-16-26(34)10-11-27(21)30-19-33(39,13-15-36-30)31(22-6-3-2-4-7-22)28-18-25-17-23(24-8-5-14-35-20-24)9-12-29(25)37-32(28)38/h2-12,14,16-18,20,30-31,36,39H,13,15,19H2,1H3,(H,37,38). The molecule has 6 heteroatoms. The number of fused-ring (bicyclic) bond motifs is 1. The molecule has 196 valence electrons. The smallest absolute Gasteiger partial charge is 0.252 e. The monoisotopic (exact) mass is 519 g/mol. The molecule has 3 N–H and O–H groups in total. The first kappa shape index (κ1) is 25.2. The van der Waals surface area contributed by atoms with Crippen molar-refractivity contribution in [3.63, 3.8) is 0 Å². The molecule has 0 spiro atoms. The zero-order valence-corrected chi connectivity index (χ0v) is 21.7. The Balaban J connectivity index is 1.47. The van der Waals surface area contributed by atoms with E-state index in [9.17, 15) is 14.3 Å². The molecule has 0 saturated carbocycles. The maximum absolute atomic E-state index is 13.8. The van der Waals surface area contributed by atoms with E-state index in [4.69, 9.17) is 0 Å². The van der Waals surface area contributed by atoms with Gasteiger partial charge in [-0.2, -0.15) is 0 Å². The van der Waals surface area contributed by atoms with Crippen molar-refractivity contribution in [2.24, 2.45) is 0 Å². The fourth-order valence-electron chi connectivity index (χ4n) is 6.08.